The summed E-state index contributed by atoms with van der Waals surface area (Å²) in [4.78, 5) is 34.2. The lowest BCUT2D eigenvalue weighted by Crippen LogP contribution is -2.40. The summed E-state index contributed by atoms with van der Waals surface area (Å²) >= 11 is 0. The van der Waals surface area contributed by atoms with Crippen molar-refractivity contribution < 1.29 is 9.59 Å². The highest BCUT2D eigenvalue weighted by atomic mass is 16.2. The molecule has 1 aliphatic rings. The molecule has 4 rings (SSSR count). The average Bonchev–Trinajstić information content (AvgIpc) is 3.48. The Morgan fingerprint density at radius 1 is 1.12 bits per heavy atom. The number of anilines is 1. The Hall–Kier alpha value is -3.45. The molecule has 0 unspecified atom stereocenters. The van der Waals surface area contributed by atoms with E-state index in [1.807, 2.05) is 49.5 Å². The number of imidazole rings is 1. The molecule has 0 saturated carbocycles. The molecular weight excluding hydrogens is 402 g/mol. The molecule has 0 saturated heterocycles. The van der Waals surface area contributed by atoms with Crippen molar-refractivity contribution in [3.63, 3.8) is 0 Å². The molecule has 0 spiro atoms. The van der Waals surface area contributed by atoms with Gasteiger partial charge in [0.25, 0.3) is 5.91 Å². The van der Waals surface area contributed by atoms with E-state index in [9.17, 15) is 9.59 Å². The Balaban J connectivity index is 1.34. The van der Waals surface area contributed by atoms with Crippen molar-refractivity contribution in [3.05, 3.63) is 84.4 Å². The van der Waals surface area contributed by atoms with Crippen molar-refractivity contribution >= 4 is 17.5 Å². The number of rotatable bonds is 9. The molecule has 3 aromatic rings. The van der Waals surface area contributed by atoms with Crippen LogP contribution in [-0.4, -0.2) is 52.9 Å². The fourth-order valence-electron chi connectivity index (χ4n) is 4.13. The zero-order chi connectivity index (χ0) is 22.3. The first kappa shape index (κ1) is 21.8. The predicted molar refractivity (Wildman–Crippen MR) is 124 cm³/mol. The molecule has 0 radical (unpaired) electrons. The highest BCUT2D eigenvalue weighted by molar-refractivity contribution is 6.00. The lowest BCUT2D eigenvalue weighted by atomic mass is 10.1. The summed E-state index contributed by atoms with van der Waals surface area (Å²) in [7, 11) is 2.03. The molecule has 7 nitrogen and oxygen atoms in total. The first-order chi connectivity index (χ1) is 15.6. The van der Waals surface area contributed by atoms with Gasteiger partial charge in [0.05, 0.1) is 12.7 Å². The molecule has 2 amide bonds. The van der Waals surface area contributed by atoms with Gasteiger partial charge in [-0.1, -0.05) is 48.5 Å². The molecule has 32 heavy (non-hydrogen) atoms. The van der Waals surface area contributed by atoms with Crippen molar-refractivity contribution in [3.8, 4) is 0 Å². The topological polar surface area (TPSA) is 70.5 Å². The maximum absolute atomic E-state index is 13.4. The second-order valence-electron chi connectivity index (χ2n) is 8.17. The molecule has 2 aromatic carbocycles. The van der Waals surface area contributed by atoms with Crippen LogP contribution in [0.1, 0.15) is 23.6 Å². The van der Waals surface area contributed by atoms with Crippen LogP contribution < -0.4 is 10.2 Å². The second kappa shape index (κ2) is 10.2. The summed E-state index contributed by atoms with van der Waals surface area (Å²) in [6, 6.07) is 17.6. The summed E-state index contributed by atoms with van der Waals surface area (Å²) in [5, 5.41) is 2.97. The van der Waals surface area contributed by atoms with Gasteiger partial charge in [-0.3, -0.25) is 9.59 Å². The molecule has 0 aliphatic carbocycles. The number of likely N-dealkylation sites (N-methyl/N-ethyl adjacent to an activating group) is 1. The first-order valence-electron chi connectivity index (χ1n) is 11.0. The molecule has 0 fully saturated rings. The zero-order valence-electron chi connectivity index (χ0n) is 18.4. The molecule has 166 valence electrons. The number of para-hydroxylation sites is 1. The smallest absolute Gasteiger partial charge is 0.250 e. The summed E-state index contributed by atoms with van der Waals surface area (Å²) in [5.41, 5.74) is 3.33. The predicted octanol–water partition coefficient (Wildman–Crippen LogP) is 2.65. The Morgan fingerprint density at radius 3 is 2.69 bits per heavy atom. The van der Waals surface area contributed by atoms with Gasteiger partial charge in [-0.25, -0.2) is 4.98 Å². The second-order valence-corrected chi connectivity index (χ2v) is 8.17. The van der Waals surface area contributed by atoms with E-state index in [1.165, 1.54) is 5.56 Å². The molecule has 2 heterocycles. The van der Waals surface area contributed by atoms with Crippen LogP contribution >= 0.6 is 0 Å². The van der Waals surface area contributed by atoms with Crippen LogP contribution in [0.3, 0.4) is 0 Å². The molecule has 1 aliphatic heterocycles. The minimum Gasteiger partial charge on any atom is -0.355 e. The fraction of sp³-hybridized carbons (Fsp3) is 0.320. The highest BCUT2D eigenvalue weighted by Crippen LogP contribution is 2.30. The number of carbonyl (C=O) groups excluding carboxylic acids is 2. The Bertz CT molecular complexity index is 1040. The van der Waals surface area contributed by atoms with Crippen LogP contribution in [0, 0.1) is 0 Å². The van der Waals surface area contributed by atoms with Gasteiger partial charge in [0, 0.05) is 44.3 Å². The van der Waals surface area contributed by atoms with Gasteiger partial charge in [0.15, 0.2) is 0 Å². The van der Waals surface area contributed by atoms with Crippen LogP contribution in [0.25, 0.3) is 0 Å². The van der Waals surface area contributed by atoms with Gasteiger partial charge in [0.1, 0.15) is 6.04 Å². The molecule has 1 aromatic heterocycles. The first-order valence-corrected chi connectivity index (χ1v) is 11.0. The number of aromatic nitrogens is 2. The minimum absolute atomic E-state index is 0.0794. The quantitative estimate of drug-likeness (QED) is 0.566. The zero-order valence-corrected chi connectivity index (χ0v) is 18.4. The van der Waals surface area contributed by atoms with E-state index in [-0.39, 0.29) is 18.2 Å². The number of hydrogen-bond donors (Lipinski definition) is 1. The van der Waals surface area contributed by atoms with Crippen molar-refractivity contribution in [1.29, 1.82) is 0 Å². The third-order valence-electron chi connectivity index (χ3n) is 5.81. The number of benzene rings is 2. The van der Waals surface area contributed by atoms with Crippen LogP contribution in [0.5, 0.6) is 0 Å². The Morgan fingerprint density at radius 2 is 1.91 bits per heavy atom. The van der Waals surface area contributed by atoms with E-state index in [1.54, 1.807) is 28.2 Å². The maximum atomic E-state index is 13.4. The van der Waals surface area contributed by atoms with Crippen LogP contribution in [0.4, 0.5) is 5.69 Å². The maximum Gasteiger partial charge on any atom is 0.250 e. The van der Waals surface area contributed by atoms with Gasteiger partial charge in [-0.05, 0) is 30.7 Å². The molecule has 7 heteroatoms. The van der Waals surface area contributed by atoms with Gasteiger partial charge in [-0.2, -0.15) is 0 Å². The van der Waals surface area contributed by atoms with Crippen molar-refractivity contribution in [2.24, 2.45) is 0 Å². The van der Waals surface area contributed by atoms with Crippen molar-refractivity contribution in [1.82, 2.24) is 19.8 Å². The van der Waals surface area contributed by atoms with Gasteiger partial charge < -0.3 is 19.7 Å². The lowest BCUT2D eigenvalue weighted by molar-refractivity contribution is -0.128. The largest absolute Gasteiger partial charge is 0.355 e. The number of carbonyl (C=O) groups is 2. The average molecular weight is 432 g/mol. The minimum atomic E-state index is -0.620. The van der Waals surface area contributed by atoms with E-state index in [0.29, 0.717) is 13.1 Å². The number of fused-ring (bicyclic) bond motifs is 1. The van der Waals surface area contributed by atoms with Gasteiger partial charge in [-0.15, -0.1) is 0 Å². The van der Waals surface area contributed by atoms with Crippen molar-refractivity contribution in [2.75, 3.05) is 31.6 Å². The standard InChI is InChI=1S/C25H29N5O2/c1-28(18-20-7-3-2-4-8-20)15-13-27-24(31)17-23(29-16-12-26-19-29)25(32)30-14-11-21-9-5-6-10-22(21)30/h2-10,12,16,19,23H,11,13-15,17-18H2,1H3,(H,27,31)/t23-/m1/s1. The van der Waals surface area contributed by atoms with Gasteiger partial charge >= 0.3 is 0 Å². The fourth-order valence-corrected chi connectivity index (χ4v) is 4.13. The summed E-state index contributed by atoms with van der Waals surface area (Å²) < 4.78 is 1.73. The van der Waals surface area contributed by atoms with Crippen LogP contribution in [0.15, 0.2) is 73.3 Å². The third kappa shape index (κ3) is 5.23. The summed E-state index contributed by atoms with van der Waals surface area (Å²) in [5.74, 6) is -0.220. The van der Waals surface area contributed by atoms with Crippen LogP contribution in [-0.2, 0) is 22.6 Å². The number of nitrogens with zero attached hydrogens (tertiary/aromatic N) is 4. The van der Waals surface area contributed by atoms with Crippen LogP contribution in [0.2, 0.25) is 0 Å². The highest BCUT2D eigenvalue weighted by Gasteiger charge is 2.32. The third-order valence-corrected chi connectivity index (χ3v) is 5.81. The Kier molecular flexibility index (Phi) is 6.97. The monoisotopic (exact) mass is 431 g/mol. The van der Waals surface area contributed by atoms with E-state index in [0.717, 1.165) is 30.8 Å². The number of hydrogen-bond acceptors (Lipinski definition) is 4. The summed E-state index contributed by atoms with van der Waals surface area (Å²) in [6.07, 6.45) is 5.89. The van der Waals surface area contributed by atoms with Crippen molar-refractivity contribution in [2.45, 2.75) is 25.4 Å². The lowest BCUT2D eigenvalue weighted by Gasteiger charge is -2.25. The van der Waals surface area contributed by atoms with E-state index in [4.69, 9.17) is 0 Å². The number of nitrogens with one attached hydrogen (secondary N) is 1. The van der Waals surface area contributed by atoms with Gasteiger partial charge in [0.2, 0.25) is 5.91 Å². The molecule has 0 bridgehead atoms. The molecular formula is C25H29N5O2. The molecule has 1 N–H and O–H groups in total. The Labute approximate surface area is 188 Å². The normalized spacial score (nSPS) is 13.8. The summed E-state index contributed by atoms with van der Waals surface area (Å²) in [6.45, 7) is 2.71. The molecule has 1 atom stereocenters. The van der Waals surface area contributed by atoms with E-state index >= 15 is 0 Å². The van der Waals surface area contributed by atoms with E-state index < -0.39 is 6.04 Å². The number of amides is 2. The SMILES string of the molecule is CN(CCNC(=O)C[C@H](C(=O)N1CCc2ccccc21)n1ccnc1)Cc1ccccc1. The van der Waals surface area contributed by atoms with E-state index in [2.05, 4.69) is 27.3 Å².